The van der Waals surface area contributed by atoms with Gasteiger partial charge >= 0.3 is 6.18 Å². The maximum Gasteiger partial charge on any atom is 0.419 e. The molecule has 3 aromatic rings. The Morgan fingerprint density at radius 1 is 1.25 bits per heavy atom. The summed E-state index contributed by atoms with van der Waals surface area (Å²) in [4.78, 5) is 8.35. The summed E-state index contributed by atoms with van der Waals surface area (Å²) in [5, 5.41) is 8.47. The molecule has 0 aliphatic heterocycles. The molecule has 0 bridgehead atoms. The number of anilines is 2. The van der Waals surface area contributed by atoms with Gasteiger partial charge in [0.05, 0.1) is 5.56 Å². The quantitative estimate of drug-likeness (QED) is 0.582. The first-order valence-electron chi connectivity index (χ1n) is 8.62. The Balaban J connectivity index is 1.68. The van der Waals surface area contributed by atoms with E-state index in [2.05, 4.69) is 20.4 Å². The van der Waals surface area contributed by atoms with Crippen molar-refractivity contribution in [3.8, 4) is 11.3 Å². The molecule has 12 heteroatoms. The van der Waals surface area contributed by atoms with Gasteiger partial charge in [-0.3, -0.25) is 0 Å². The SMILES string of the molecule is Nc1ncc(-c2c(Cl)nc3sc(NC4CCC(N)CC4)nn23)cc1C(F)(F)F. The summed E-state index contributed by atoms with van der Waals surface area (Å²) in [6.45, 7) is 0. The van der Waals surface area contributed by atoms with Crippen LogP contribution in [-0.4, -0.2) is 31.7 Å². The molecular weight excluding hydrogens is 415 g/mol. The Labute approximate surface area is 166 Å². The molecule has 1 fully saturated rings. The van der Waals surface area contributed by atoms with Crippen LogP contribution in [0.15, 0.2) is 12.3 Å². The molecule has 0 saturated heterocycles. The molecule has 5 N–H and O–H groups in total. The van der Waals surface area contributed by atoms with Crippen molar-refractivity contribution >= 4 is 38.8 Å². The number of pyridine rings is 1. The number of nitrogens with zero attached hydrogens (tertiary/aromatic N) is 4. The number of nitrogens with two attached hydrogens (primary N) is 2. The lowest BCUT2D eigenvalue weighted by Gasteiger charge is -2.26. The Morgan fingerprint density at radius 2 is 1.96 bits per heavy atom. The number of hydrogen-bond donors (Lipinski definition) is 3. The number of alkyl halides is 3. The summed E-state index contributed by atoms with van der Waals surface area (Å²) < 4.78 is 40.9. The fourth-order valence-electron chi connectivity index (χ4n) is 3.29. The van der Waals surface area contributed by atoms with E-state index in [1.54, 1.807) is 0 Å². The largest absolute Gasteiger partial charge is 0.419 e. The average molecular weight is 432 g/mol. The number of nitrogen functional groups attached to an aromatic ring is 1. The normalized spacial score (nSPS) is 20.6. The Hall–Kier alpha value is -2.11. The van der Waals surface area contributed by atoms with Crippen LogP contribution in [0.25, 0.3) is 16.2 Å². The van der Waals surface area contributed by atoms with E-state index in [0.717, 1.165) is 31.7 Å². The summed E-state index contributed by atoms with van der Waals surface area (Å²) in [5.41, 5.74) is 10.7. The van der Waals surface area contributed by atoms with Gasteiger partial charge in [0.25, 0.3) is 0 Å². The molecule has 150 valence electrons. The molecule has 7 nitrogen and oxygen atoms in total. The monoisotopic (exact) mass is 431 g/mol. The maximum absolute atomic E-state index is 13.2. The summed E-state index contributed by atoms with van der Waals surface area (Å²) in [7, 11) is 0. The zero-order valence-corrected chi connectivity index (χ0v) is 16.1. The molecule has 0 radical (unpaired) electrons. The van der Waals surface area contributed by atoms with Gasteiger partial charge in [0.2, 0.25) is 10.1 Å². The van der Waals surface area contributed by atoms with Crippen molar-refractivity contribution in [3.05, 3.63) is 23.0 Å². The van der Waals surface area contributed by atoms with Crippen LogP contribution >= 0.6 is 22.9 Å². The number of hydrogen-bond acceptors (Lipinski definition) is 7. The van der Waals surface area contributed by atoms with E-state index in [0.29, 0.717) is 10.1 Å². The van der Waals surface area contributed by atoms with Crippen molar-refractivity contribution in [2.24, 2.45) is 5.73 Å². The van der Waals surface area contributed by atoms with Gasteiger partial charge in [-0.2, -0.15) is 17.7 Å². The van der Waals surface area contributed by atoms with Crippen molar-refractivity contribution in [1.82, 2.24) is 19.6 Å². The lowest BCUT2D eigenvalue weighted by molar-refractivity contribution is -0.137. The summed E-state index contributed by atoms with van der Waals surface area (Å²) >= 11 is 7.45. The molecule has 0 unspecified atom stereocenters. The van der Waals surface area contributed by atoms with Gasteiger partial charge in [-0.1, -0.05) is 22.9 Å². The molecule has 28 heavy (non-hydrogen) atoms. The standard InChI is InChI=1S/C16H17ClF3N7S/c17-12-11(7-5-10(16(18,19)20)13(22)23-6-7)27-15(25-12)28-14(26-27)24-9-3-1-8(21)2-4-9/h5-6,8-9H,1-4,21H2,(H2,22,23)(H,24,26). The first-order chi connectivity index (χ1) is 13.2. The third-order valence-electron chi connectivity index (χ3n) is 4.76. The average Bonchev–Trinajstić information content (AvgIpc) is 3.12. The highest BCUT2D eigenvalue weighted by atomic mass is 35.5. The van der Waals surface area contributed by atoms with Crippen LogP contribution in [0, 0.1) is 0 Å². The zero-order valence-electron chi connectivity index (χ0n) is 14.5. The van der Waals surface area contributed by atoms with Crippen LogP contribution in [0.2, 0.25) is 5.15 Å². The van der Waals surface area contributed by atoms with Gasteiger partial charge in [-0.15, -0.1) is 5.10 Å². The summed E-state index contributed by atoms with van der Waals surface area (Å²) in [6.07, 6.45) is 0.360. The van der Waals surface area contributed by atoms with Gasteiger partial charge in [0.15, 0.2) is 5.15 Å². The van der Waals surface area contributed by atoms with Crippen LogP contribution in [0.4, 0.5) is 24.1 Å². The first-order valence-corrected chi connectivity index (χ1v) is 9.82. The van der Waals surface area contributed by atoms with Gasteiger partial charge in [0, 0.05) is 23.8 Å². The highest BCUT2D eigenvalue weighted by Crippen LogP contribution is 2.38. The second-order valence-corrected chi connectivity index (χ2v) is 8.08. The van der Waals surface area contributed by atoms with Crippen LogP contribution in [0.1, 0.15) is 31.2 Å². The fourth-order valence-corrected chi connectivity index (χ4v) is 4.49. The minimum Gasteiger partial charge on any atom is -0.383 e. The van der Waals surface area contributed by atoms with E-state index < -0.39 is 17.6 Å². The maximum atomic E-state index is 13.2. The van der Waals surface area contributed by atoms with Crippen molar-refractivity contribution < 1.29 is 13.2 Å². The number of aromatic nitrogens is 4. The van der Waals surface area contributed by atoms with E-state index in [1.807, 2.05) is 0 Å². The third-order valence-corrected chi connectivity index (χ3v) is 5.86. The van der Waals surface area contributed by atoms with E-state index in [9.17, 15) is 13.2 Å². The van der Waals surface area contributed by atoms with Gasteiger partial charge in [0.1, 0.15) is 11.5 Å². The molecule has 1 saturated carbocycles. The van der Waals surface area contributed by atoms with Gasteiger partial charge < -0.3 is 16.8 Å². The number of nitrogens with one attached hydrogen (secondary N) is 1. The van der Waals surface area contributed by atoms with Crippen molar-refractivity contribution in [2.75, 3.05) is 11.1 Å². The third kappa shape index (κ3) is 3.61. The lowest BCUT2D eigenvalue weighted by Crippen LogP contribution is -2.32. The van der Waals surface area contributed by atoms with Crippen LogP contribution in [-0.2, 0) is 6.18 Å². The molecule has 0 aromatic carbocycles. The van der Waals surface area contributed by atoms with Crippen LogP contribution < -0.4 is 16.8 Å². The Kier molecular flexibility index (Phi) is 4.84. The number of fused-ring (bicyclic) bond motifs is 1. The predicted molar refractivity (Wildman–Crippen MR) is 102 cm³/mol. The zero-order chi connectivity index (χ0) is 20.1. The molecule has 3 aromatic heterocycles. The second kappa shape index (κ2) is 7.05. The van der Waals surface area contributed by atoms with E-state index >= 15 is 0 Å². The number of halogens is 4. The van der Waals surface area contributed by atoms with Crippen molar-refractivity contribution in [2.45, 2.75) is 43.9 Å². The first kappa shape index (κ1) is 19.2. The minimum atomic E-state index is -4.63. The topological polar surface area (TPSA) is 107 Å². The number of rotatable bonds is 3. The Bertz CT molecular complexity index is 1010. The smallest absolute Gasteiger partial charge is 0.383 e. The molecule has 0 spiro atoms. The van der Waals surface area contributed by atoms with Gasteiger partial charge in [-0.25, -0.2) is 9.97 Å². The summed E-state index contributed by atoms with van der Waals surface area (Å²) in [6, 6.07) is 1.40. The fraction of sp³-hybridized carbons (Fsp3) is 0.438. The minimum absolute atomic E-state index is 0.0497. The number of imidazole rings is 1. The molecule has 1 aliphatic carbocycles. The Morgan fingerprint density at radius 3 is 2.64 bits per heavy atom. The van der Waals surface area contributed by atoms with E-state index in [4.69, 9.17) is 23.1 Å². The van der Waals surface area contributed by atoms with Crippen LogP contribution in [0.3, 0.4) is 0 Å². The molecule has 0 atom stereocenters. The van der Waals surface area contributed by atoms with Gasteiger partial charge in [-0.05, 0) is 31.7 Å². The summed E-state index contributed by atoms with van der Waals surface area (Å²) in [5.74, 6) is -0.593. The molecular formula is C16H17ClF3N7S. The lowest BCUT2D eigenvalue weighted by atomic mass is 9.92. The highest BCUT2D eigenvalue weighted by Gasteiger charge is 2.34. The van der Waals surface area contributed by atoms with E-state index in [-0.39, 0.29) is 28.5 Å². The molecule has 0 amide bonds. The molecule has 1 aliphatic rings. The van der Waals surface area contributed by atoms with Crippen LogP contribution in [0.5, 0.6) is 0 Å². The molecule has 4 rings (SSSR count). The second-order valence-electron chi connectivity index (χ2n) is 6.76. The molecule has 3 heterocycles. The predicted octanol–water partition coefficient (Wildman–Crippen LogP) is 3.79. The highest BCUT2D eigenvalue weighted by molar-refractivity contribution is 7.20. The van der Waals surface area contributed by atoms with E-state index in [1.165, 1.54) is 22.0 Å². The van der Waals surface area contributed by atoms with Crippen molar-refractivity contribution in [1.29, 1.82) is 0 Å². The van der Waals surface area contributed by atoms with Crippen molar-refractivity contribution in [3.63, 3.8) is 0 Å².